The topological polar surface area (TPSA) is 82.8 Å². The Morgan fingerprint density at radius 1 is 1.39 bits per heavy atom. The van der Waals surface area contributed by atoms with Gasteiger partial charge in [-0.05, 0) is 35.4 Å². The molecule has 0 aliphatic rings. The summed E-state index contributed by atoms with van der Waals surface area (Å²) in [5, 5.41) is 7.39. The van der Waals surface area contributed by atoms with Crippen LogP contribution in [0.2, 0.25) is 0 Å². The van der Waals surface area contributed by atoms with E-state index in [1.54, 1.807) is 0 Å². The number of rotatable bonds is 2. The Morgan fingerprint density at radius 3 is 2.89 bits per heavy atom. The first-order valence-corrected chi connectivity index (χ1v) is 6.24. The van der Waals surface area contributed by atoms with Gasteiger partial charge in [0, 0.05) is 11.0 Å². The van der Waals surface area contributed by atoms with Crippen molar-refractivity contribution in [2.45, 2.75) is 13.5 Å². The van der Waals surface area contributed by atoms with Gasteiger partial charge in [0.2, 0.25) is 0 Å². The minimum absolute atomic E-state index is 0.249. The fraction of sp³-hybridized carbons (Fsp3) is 0.182. The van der Waals surface area contributed by atoms with Gasteiger partial charge in [0.25, 0.3) is 0 Å². The Morgan fingerprint density at radius 2 is 2.22 bits per heavy atom. The van der Waals surface area contributed by atoms with E-state index in [0.29, 0.717) is 11.5 Å². The van der Waals surface area contributed by atoms with Crippen LogP contribution >= 0.6 is 15.9 Å². The lowest BCUT2D eigenvalue weighted by atomic mass is 10.3. The summed E-state index contributed by atoms with van der Waals surface area (Å²) in [6, 6.07) is 5.93. The highest BCUT2D eigenvalue weighted by Crippen LogP contribution is 2.27. The molecule has 18 heavy (non-hydrogen) atoms. The van der Waals surface area contributed by atoms with Crippen LogP contribution in [0.4, 0.5) is 5.82 Å². The predicted octanol–water partition coefficient (Wildman–Crippen LogP) is 2.45. The van der Waals surface area contributed by atoms with Crippen LogP contribution in [0.5, 0.6) is 0 Å². The third-order valence-corrected chi connectivity index (χ3v) is 3.25. The van der Waals surface area contributed by atoms with Gasteiger partial charge in [0.15, 0.2) is 17.3 Å². The summed E-state index contributed by atoms with van der Waals surface area (Å²) in [5.41, 5.74) is 8.10. The maximum atomic E-state index is 5.72. The van der Waals surface area contributed by atoms with Gasteiger partial charge >= 0.3 is 0 Å². The molecule has 0 atom stereocenters. The Balaban J connectivity index is 2.32. The second-order valence-electron chi connectivity index (χ2n) is 3.81. The lowest BCUT2D eigenvalue weighted by molar-refractivity contribution is 0.310. The number of anilines is 1. The van der Waals surface area contributed by atoms with E-state index in [1.807, 2.05) is 29.7 Å². The summed E-state index contributed by atoms with van der Waals surface area (Å²) in [5.74, 6) is 0.920. The zero-order chi connectivity index (χ0) is 12.7. The average Bonchev–Trinajstić information content (AvgIpc) is 2.91. The summed E-state index contributed by atoms with van der Waals surface area (Å²) in [4.78, 5) is 4.54. The molecule has 0 radical (unpaired) electrons. The number of imidazole rings is 1. The highest BCUT2D eigenvalue weighted by atomic mass is 79.9. The number of nitrogen functional groups attached to an aromatic ring is 1. The fourth-order valence-electron chi connectivity index (χ4n) is 1.95. The maximum absolute atomic E-state index is 5.72. The number of aromatic nitrogens is 4. The maximum Gasteiger partial charge on any atom is 0.199 e. The number of fused-ring (bicyclic) bond motifs is 1. The van der Waals surface area contributed by atoms with Gasteiger partial charge in [0.1, 0.15) is 0 Å². The number of hydrogen-bond donors (Lipinski definition) is 1. The van der Waals surface area contributed by atoms with E-state index in [9.17, 15) is 0 Å². The lowest BCUT2D eigenvalue weighted by Crippen LogP contribution is -1.99. The van der Waals surface area contributed by atoms with Gasteiger partial charge < -0.3 is 10.3 Å². The van der Waals surface area contributed by atoms with Crippen LogP contribution in [0.3, 0.4) is 0 Å². The number of nitrogens with two attached hydrogens (primary N) is 1. The van der Waals surface area contributed by atoms with Gasteiger partial charge in [0.05, 0.1) is 11.0 Å². The number of benzene rings is 1. The summed E-state index contributed by atoms with van der Waals surface area (Å²) in [7, 11) is 0. The van der Waals surface area contributed by atoms with E-state index in [0.717, 1.165) is 22.1 Å². The van der Waals surface area contributed by atoms with Gasteiger partial charge in [-0.25, -0.2) is 9.61 Å². The second-order valence-corrected chi connectivity index (χ2v) is 4.73. The summed E-state index contributed by atoms with van der Waals surface area (Å²) in [6.45, 7) is 2.80. The molecule has 0 aliphatic carbocycles. The summed E-state index contributed by atoms with van der Waals surface area (Å²) in [6.07, 6.45) is 0. The molecular weight excluding hydrogens is 298 g/mol. The summed E-state index contributed by atoms with van der Waals surface area (Å²) >= 11 is 3.43. The SMILES string of the molecule is CCn1c(-c2nonc2N)nc2cc(Br)ccc21. The molecule has 92 valence electrons. The Labute approximate surface area is 111 Å². The van der Waals surface area contributed by atoms with Crippen LogP contribution in [-0.2, 0) is 6.54 Å². The van der Waals surface area contributed by atoms with Gasteiger partial charge in [-0.15, -0.1) is 0 Å². The molecule has 3 aromatic rings. The molecule has 7 heteroatoms. The number of halogens is 1. The van der Waals surface area contributed by atoms with Crippen LogP contribution in [0.1, 0.15) is 6.92 Å². The Bertz CT molecular complexity index is 717. The van der Waals surface area contributed by atoms with Crippen molar-refractivity contribution in [3.8, 4) is 11.5 Å². The Kier molecular flexibility index (Phi) is 2.55. The zero-order valence-electron chi connectivity index (χ0n) is 9.59. The highest BCUT2D eigenvalue weighted by Gasteiger charge is 2.18. The van der Waals surface area contributed by atoms with Crippen LogP contribution in [0.15, 0.2) is 27.3 Å². The predicted molar refractivity (Wildman–Crippen MR) is 70.8 cm³/mol. The smallest absolute Gasteiger partial charge is 0.199 e. The monoisotopic (exact) mass is 307 g/mol. The molecule has 3 rings (SSSR count). The molecule has 0 spiro atoms. The summed E-state index contributed by atoms with van der Waals surface area (Å²) < 4.78 is 7.64. The van der Waals surface area contributed by atoms with Crippen LogP contribution in [0.25, 0.3) is 22.6 Å². The highest BCUT2D eigenvalue weighted by molar-refractivity contribution is 9.10. The molecule has 0 saturated carbocycles. The first-order valence-electron chi connectivity index (χ1n) is 5.45. The normalized spacial score (nSPS) is 11.2. The van der Waals surface area contributed by atoms with Gasteiger partial charge in [-0.2, -0.15) is 0 Å². The zero-order valence-corrected chi connectivity index (χ0v) is 11.2. The minimum atomic E-state index is 0.249. The second kappa shape index (κ2) is 4.09. The van der Waals surface area contributed by atoms with Gasteiger partial charge in [-0.3, -0.25) is 0 Å². The van der Waals surface area contributed by atoms with E-state index in [1.165, 1.54) is 0 Å². The first kappa shape index (κ1) is 11.2. The van der Waals surface area contributed by atoms with Crippen LogP contribution in [0, 0.1) is 0 Å². The van der Waals surface area contributed by atoms with E-state index >= 15 is 0 Å². The van der Waals surface area contributed by atoms with E-state index in [-0.39, 0.29) is 5.82 Å². The third kappa shape index (κ3) is 1.59. The Hall–Kier alpha value is -1.89. The van der Waals surface area contributed by atoms with Crippen molar-refractivity contribution in [1.82, 2.24) is 19.9 Å². The molecule has 1 aromatic carbocycles. The fourth-order valence-corrected chi connectivity index (χ4v) is 2.30. The van der Waals surface area contributed by atoms with E-state index in [2.05, 4.69) is 35.9 Å². The molecule has 0 bridgehead atoms. The molecule has 0 amide bonds. The van der Waals surface area contributed by atoms with Crippen molar-refractivity contribution < 1.29 is 4.63 Å². The van der Waals surface area contributed by atoms with E-state index in [4.69, 9.17) is 5.73 Å². The average molecular weight is 308 g/mol. The van der Waals surface area contributed by atoms with Crippen molar-refractivity contribution >= 4 is 32.8 Å². The minimum Gasteiger partial charge on any atom is -0.379 e. The third-order valence-electron chi connectivity index (χ3n) is 2.75. The molecule has 0 aliphatic heterocycles. The number of hydrogen-bond acceptors (Lipinski definition) is 5. The number of nitrogens with zero attached hydrogens (tertiary/aromatic N) is 4. The van der Waals surface area contributed by atoms with Crippen molar-refractivity contribution in [2.24, 2.45) is 0 Å². The standard InChI is InChI=1S/C11H10BrN5O/c1-2-17-8-4-3-6(12)5-7(8)14-11(17)9-10(13)16-18-15-9/h3-5H,2H2,1H3,(H2,13,16). The molecule has 2 aromatic heterocycles. The molecule has 0 fully saturated rings. The van der Waals surface area contributed by atoms with Crippen LogP contribution in [-0.4, -0.2) is 19.9 Å². The van der Waals surface area contributed by atoms with Gasteiger partial charge in [-0.1, -0.05) is 15.9 Å². The molecule has 2 heterocycles. The molecule has 0 saturated heterocycles. The van der Waals surface area contributed by atoms with E-state index < -0.39 is 0 Å². The van der Waals surface area contributed by atoms with Crippen LogP contribution < -0.4 is 5.73 Å². The number of aryl methyl sites for hydroxylation is 1. The molecule has 6 nitrogen and oxygen atoms in total. The molecule has 2 N–H and O–H groups in total. The van der Waals surface area contributed by atoms with Crippen molar-refractivity contribution in [1.29, 1.82) is 0 Å². The lowest BCUT2D eigenvalue weighted by Gasteiger charge is -2.02. The molecular formula is C11H10BrN5O. The van der Waals surface area contributed by atoms with Crippen molar-refractivity contribution in [3.63, 3.8) is 0 Å². The first-order chi connectivity index (χ1) is 8.70. The van der Waals surface area contributed by atoms with Crippen molar-refractivity contribution in [2.75, 3.05) is 5.73 Å². The largest absolute Gasteiger partial charge is 0.379 e. The van der Waals surface area contributed by atoms with Crippen molar-refractivity contribution in [3.05, 3.63) is 22.7 Å². The quantitative estimate of drug-likeness (QED) is 0.786. The molecule has 0 unspecified atom stereocenters.